The number of aromatic nitrogens is 2. The zero-order chi connectivity index (χ0) is 9.14. The lowest BCUT2D eigenvalue weighted by Crippen LogP contribution is -2.08. The predicted octanol–water partition coefficient (Wildman–Crippen LogP) is 2.18. The average molecular weight is 298 g/mol. The van der Waals surface area contributed by atoms with Gasteiger partial charge in [-0.05, 0) is 45.2 Å². The van der Waals surface area contributed by atoms with Crippen molar-refractivity contribution >= 4 is 31.9 Å². The summed E-state index contributed by atoms with van der Waals surface area (Å²) in [4.78, 5) is 0. The molecule has 5 heteroatoms. The Morgan fingerprint density at radius 2 is 2.33 bits per heavy atom. The van der Waals surface area contributed by atoms with E-state index in [1.807, 2.05) is 6.07 Å². The Morgan fingerprint density at radius 1 is 1.67 bits per heavy atom. The molecule has 0 amide bonds. The Bertz CT molecular complexity index is 260. The number of hydrogen-bond acceptors (Lipinski definition) is 2. The summed E-state index contributed by atoms with van der Waals surface area (Å²) >= 11 is 6.62. The monoisotopic (exact) mass is 296 g/mol. The molecule has 0 aromatic carbocycles. The van der Waals surface area contributed by atoms with Gasteiger partial charge in [0.25, 0.3) is 0 Å². The van der Waals surface area contributed by atoms with Crippen molar-refractivity contribution in [3.05, 3.63) is 15.3 Å². The number of halogens is 2. The molecule has 1 aromatic rings. The summed E-state index contributed by atoms with van der Waals surface area (Å²) in [5.41, 5.74) is 0. The molecule has 1 atom stereocenters. The van der Waals surface area contributed by atoms with Crippen molar-refractivity contribution < 1.29 is 5.11 Å². The number of aliphatic hydroxyl groups excluding tert-OH is 1. The third-order valence-corrected chi connectivity index (χ3v) is 2.49. The van der Waals surface area contributed by atoms with Crippen LogP contribution in [0.1, 0.15) is 13.3 Å². The van der Waals surface area contributed by atoms with Crippen molar-refractivity contribution in [1.82, 2.24) is 9.78 Å². The van der Waals surface area contributed by atoms with E-state index in [1.54, 1.807) is 11.6 Å². The predicted molar refractivity (Wildman–Crippen MR) is 53.9 cm³/mol. The Balaban J connectivity index is 2.57. The van der Waals surface area contributed by atoms with Gasteiger partial charge in [-0.1, -0.05) is 0 Å². The van der Waals surface area contributed by atoms with Crippen LogP contribution in [0.2, 0.25) is 0 Å². The first-order valence-corrected chi connectivity index (χ1v) is 5.25. The van der Waals surface area contributed by atoms with Gasteiger partial charge in [0.1, 0.15) is 9.21 Å². The molecule has 0 aliphatic carbocycles. The van der Waals surface area contributed by atoms with Gasteiger partial charge in [0.2, 0.25) is 0 Å². The van der Waals surface area contributed by atoms with Crippen LogP contribution in [0, 0.1) is 0 Å². The lowest BCUT2D eigenvalue weighted by Gasteiger charge is -2.04. The first kappa shape index (κ1) is 10.2. The van der Waals surface area contributed by atoms with E-state index in [4.69, 9.17) is 5.11 Å². The van der Waals surface area contributed by atoms with Crippen molar-refractivity contribution in [2.24, 2.45) is 0 Å². The number of nitrogens with zero attached hydrogens (tertiary/aromatic N) is 2. The normalized spacial score (nSPS) is 13.3. The Hall–Kier alpha value is 0.130. The Kier molecular flexibility index (Phi) is 3.74. The highest BCUT2D eigenvalue weighted by molar-refractivity contribution is 9.11. The van der Waals surface area contributed by atoms with E-state index in [9.17, 15) is 0 Å². The SMILES string of the molecule is CC(O)CCn1nc(Br)cc1Br. The minimum absolute atomic E-state index is 0.278. The molecular weight excluding hydrogens is 288 g/mol. The summed E-state index contributed by atoms with van der Waals surface area (Å²) in [6, 6.07) is 1.88. The van der Waals surface area contributed by atoms with E-state index in [1.165, 1.54) is 0 Å². The molecule has 0 aliphatic rings. The van der Waals surface area contributed by atoms with E-state index >= 15 is 0 Å². The minimum Gasteiger partial charge on any atom is -0.393 e. The minimum atomic E-state index is -0.278. The number of rotatable bonds is 3. The van der Waals surface area contributed by atoms with Crippen molar-refractivity contribution in [2.45, 2.75) is 26.0 Å². The van der Waals surface area contributed by atoms with E-state index in [2.05, 4.69) is 37.0 Å². The van der Waals surface area contributed by atoms with Crippen LogP contribution in [0.15, 0.2) is 15.3 Å². The maximum Gasteiger partial charge on any atom is 0.129 e. The number of aliphatic hydroxyl groups is 1. The molecular formula is C7H10Br2N2O. The highest BCUT2D eigenvalue weighted by Crippen LogP contribution is 2.16. The van der Waals surface area contributed by atoms with Gasteiger partial charge in [0.15, 0.2) is 0 Å². The van der Waals surface area contributed by atoms with Gasteiger partial charge in [-0.25, -0.2) is 0 Å². The molecule has 1 unspecified atom stereocenters. The molecule has 0 saturated heterocycles. The second kappa shape index (κ2) is 4.39. The van der Waals surface area contributed by atoms with Crippen LogP contribution in [0.4, 0.5) is 0 Å². The first-order chi connectivity index (χ1) is 5.59. The first-order valence-electron chi connectivity index (χ1n) is 3.66. The molecule has 0 bridgehead atoms. The van der Waals surface area contributed by atoms with Crippen LogP contribution in [-0.2, 0) is 6.54 Å². The lowest BCUT2D eigenvalue weighted by atomic mass is 10.3. The van der Waals surface area contributed by atoms with Crippen LogP contribution in [0.5, 0.6) is 0 Å². The summed E-state index contributed by atoms with van der Waals surface area (Å²) in [7, 11) is 0. The van der Waals surface area contributed by atoms with Crippen molar-refractivity contribution in [1.29, 1.82) is 0 Å². The largest absolute Gasteiger partial charge is 0.393 e. The Morgan fingerprint density at radius 3 is 2.75 bits per heavy atom. The molecule has 0 radical (unpaired) electrons. The third kappa shape index (κ3) is 2.88. The quantitative estimate of drug-likeness (QED) is 0.929. The number of aryl methyl sites for hydroxylation is 1. The van der Waals surface area contributed by atoms with E-state index in [-0.39, 0.29) is 6.10 Å². The van der Waals surface area contributed by atoms with Gasteiger partial charge < -0.3 is 5.11 Å². The summed E-state index contributed by atoms with van der Waals surface area (Å²) in [5, 5.41) is 13.2. The highest BCUT2D eigenvalue weighted by atomic mass is 79.9. The molecule has 0 spiro atoms. The van der Waals surface area contributed by atoms with Gasteiger partial charge in [-0.3, -0.25) is 4.68 Å². The van der Waals surface area contributed by atoms with Gasteiger partial charge in [0.05, 0.1) is 6.10 Å². The highest BCUT2D eigenvalue weighted by Gasteiger charge is 2.03. The average Bonchev–Trinajstić information content (AvgIpc) is 2.26. The fraction of sp³-hybridized carbons (Fsp3) is 0.571. The molecule has 1 rings (SSSR count). The topological polar surface area (TPSA) is 38.0 Å². The summed E-state index contributed by atoms with van der Waals surface area (Å²) in [6.07, 6.45) is 0.437. The summed E-state index contributed by atoms with van der Waals surface area (Å²) in [5.74, 6) is 0. The summed E-state index contributed by atoms with van der Waals surface area (Å²) < 4.78 is 3.53. The molecule has 1 aromatic heterocycles. The zero-order valence-electron chi connectivity index (χ0n) is 6.67. The molecule has 68 valence electrons. The zero-order valence-corrected chi connectivity index (χ0v) is 9.84. The number of hydrogen-bond donors (Lipinski definition) is 1. The molecule has 0 fully saturated rings. The van der Waals surface area contributed by atoms with Crippen LogP contribution in [0.25, 0.3) is 0 Å². The molecule has 12 heavy (non-hydrogen) atoms. The third-order valence-electron chi connectivity index (χ3n) is 1.46. The smallest absolute Gasteiger partial charge is 0.129 e. The van der Waals surface area contributed by atoms with Crippen LogP contribution in [0.3, 0.4) is 0 Å². The van der Waals surface area contributed by atoms with Crippen LogP contribution < -0.4 is 0 Å². The second-order valence-electron chi connectivity index (χ2n) is 2.65. The second-order valence-corrected chi connectivity index (χ2v) is 4.28. The molecule has 0 aliphatic heterocycles. The van der Waals surface area contributed by atoms with Crippen LogP contribution >= 0.6 is 31.9 Å². The van der Waals surface area contributed by atoms with E-state index in [0.717, 1.165) is 15.8 Å². The van der Waals surface area contributed by atoms with E-state index in [0.29, 0.717) is 6.42 Å². The van der Waals surface area contributed by atoms with Crippen molar-refractivity contribution in [2.75, 3.05) is 0 Å². The van der Waals surface area contributed by atoms with Crippen molar-refractivity contribution in [3.63, 3.8) is 0 Å². The van der Waals surface area contributed by atoms with Crippen LogP contribution in [-0.4, -0.2) is 21.0 Å². The fourth-order valence-corrected chi connectivity index (χ4v) is 2.02. The molecule has 1 heterocycles. The fourth-order valence-electron chi connectivity index (χ4n) is 0.831. The van der Waals surface area contributed by atoms with Crippen molar-refractivity contribution in [3.8, 4) is 0 Å². The van der Waals surface area contributed by atoms with Gasteiger partial charge in [-0.15, -0.1) is 0 Å². The Labute approximate surface area is 88.0 Å². The molecule has 0 saturated carbocycles. The maximum absolute atomic E-state index is 9.04. The van der Waals surface area contributed by atoms with Gasteiger partial charge in [0, 0.05) is 12.6 Å². The molecule has 3 nitrogen and oxygen atoms in total. The molecule has 1 N–H and O–H groups in total. The van der Waals surface area contributed by atoms with Gasteiger partial charge in [-0.2, -0.15) is 5.10 Å². The standard InChI is InChI=1S/C7H10Br2N2O/c1-5(12)2-3-11-7(9)4-6(8)10-11/h4-5,12H,2-3H2,1H3. The lowest BCUT2D eigenvalue weighted by molar-refractivity contribution is 0.176. The summed E-state index contributed by atoms with van der Waals surface area (Å²) in [6.45, 7) is 2.50. The van der Waals surface area contributed by atoms with Gasteiger partial charge >= 0.3 is 0 Å². The van der Waals surface area contributed by atoms with E-state index < -0.39 is 0 Å². The maximum atomic E-state index is 9.04.